The monoisotopic (exact) mass is 313 g/mol. The van der Waals surface area contributed by atoms with E-state index in [1.54, 1.807) is 16.8 Å². The van der Waals surface area contributed by atoms with Crippen LogP contribution in [-0.4, -0.2) is 26.8 Å². The molecule has 0 radical (unpaired) electrons. The average molecular weight is 314 g/mol. The number of tetrazole rings is 1. The Hall–Kier alpha value is -1.34. The van der Waals surface area contributed by atoms with Gasteiger partial charge in [-0.1, -0.05) is 6.92 Å². The fourth-order valence-electron chi connectivity index (χ4n) is 1.51. The van der Waals surface area contributed by atoms with Gasteiger partial charge in [0.15, 0.2) is 5.82 Å². The third-order valence-electron chi connectivity index (χ3n) is 2.39. The summed E-state index contributed by atoms with van der Waals surface area (Å²) in [5, 5.41) is 14.7. The fourth-order valence-corrected chi connectivity index (χ4v) is 1.88. The Morgan fingerprint density at radius 2 is 2.28 bits per heavy atom. The molecule has 1 aromatic carbocycles. The van der Waals surface area contributed by atoms with Crippen molar-refractivity contribution in [2.24, 2.45) is 0 Å². The van der Waals surface area contributed by atoms with Gasteiger partial charge >= 0.3 is 0 Å². The highest BCUT2D eigenvalue weighted by Crippen LogP contribution is 2.19. The quantitative estimate of drug-likeness (QED) is 0.859. The standard InChI is InChI=1S/C11H13BrFN5/c1-2-5-14-7-11-15-16-17-18(11)8-3-4-10(13)9(12)6-8/h3-4,6,14H,2,5,7H2,1H3. The predicted molar refractivity (Wildman–Crippen MR) is 68.8 cm³/mol. The normalized spacial score (nSPS) is 10.8. The van der Waals surface area contributed by atoms with Crippen LogP contribution in [0.5, 0.6) is 0 Å². The van der Waals surface area contributed by atoms with E-state index < -0.39 is 0 Å². The molecule has 0 amide bonds. The SMILES string of the molecule is CCCNCc1nnnn1-c1ccc(F)c(Br)c1. The van der Waals surface area contributed by atoms with Gasteiger partial charge in [-0.25, -0.2) is 4.39 Å². The van der Waals surface area contributed by atoms with Crippen LogP contribution in [0.2, 0.25) is 0 Å². The molecule has 18 heavy (non-hydrogen) atoms. The van der Waals surface area contributed by atoms with Crippen LogP contribution >= 0.6 is 15.9 Å². The molecule has 0 fully saturated rings. The second kappa shape index (κ2) is 6.01. The van der Waals surface area contributed by atoms with Crippen molar-refractivity contribution in [1.82, 2.24) is 25.5 Å². The molecule has 0 spiro atoms. The van der Waals surface area contributed by atoms with Crippen molar-refractivity contribution in [2.45, 2.75) is 19.9 Å². The van der Waals surface area contributed by atoms with E-state index in [2.05, 4.69) is 43.7 Å². The van der Waals surface area contributed by atoms with Crippen molar-refractivity contribution in [3.8, 4) is 5.69 Å². The summed E-state index contributed by atoms with van der Waals surface area (Å²) in [7, 11) is 0. The van der Waals surface area contributed by atoms with Crippen molar-refractivity contribution in [3.05, 3.63) is 34.3 Å². The van der Waals surface area contributed by atoms with Crippen LogP contribution in [0.15, 0.2) is 22.7 Å². The van der Waals surface area contributed by atoms with Crippen LogP contribution in [0, 0.1) is 5.82 Å². The van der Waals surface area contributed by atoms with Gasteiger partial charge in [-0.05, 0) is 57.5 Å². The number of hydrogen-bond acceptors (Lipinski definition) is 4. The third kappa shape index (κ3) is 2.91. The van der Waals surface area contributed by atoms with Gasteiger partial charge in [0.05, 0.1) is 16.7 Å². The summed E-state index contributed by atoms with van der Waals surface area (Å²) >= 11 is 3.15. The topological polar surface area (TPSA) is 55.6 Å². The predicted octanol–water partition coefficient (Wildman–Crippen LogP) is 2.06. The van der Waals surface area contributed by atoms with Crippen LogP contribution in [0.25, 0.3) is 5.69 Å². The zero-order valence-electron chi connectivity index (χ0n) is 9.90. The number of nitrogens with one attached hydrogen (secondary N) is 1. The molecule has 5 nitrogen and oxygen atoms in total. The molecule has 1 heterocycles. The van der Waals surface area contributed by atoms with Gasteiger partial charge in [0.2, 0.25) is 0 Å². The van der Waals surface area contributed by atoms with E-state index in [4.69, 9.17) is 0 Å². The number of benzene rings is 1. The Balaban J connectivity index is 2.22. The molecule has 0 aliphatic heterocycles. The maximum Gasteiger partial charge on any atom is 0.170 e. The first kappa shape index (κ1) is 13.1. The van der Waals surface area contributed by atoms with Crippen LogP contribution in [0.4, 0.5) is 4.39 Å². The molecular weight excluding hydrogens is 301 g/mol. The second-order valence-corrected chi connectivity index (χ2v) is 4.64. The first-order chi connectivity index (χ1) is 8.72. The van der Waals surface area contributed by atoms with Gasteiger partial charge in [-0.2, -0.15) is 4.68 Å². The molecule has 0 saturated heterocycles. The zero-order valence-corrected chi connectivity index (χ0v) is 11.5. The van der Waals surface area contributed by atoms with E-state index in [0.717, 1.165) is 18.7 Å². The molecular formula is C11H13BrFN5. The maximum absolute atomic E-state index is 13.2. The lowest BCUT2D eigenvalue weighted by Gasteiger charge is -2.06. The zero-order chi connectivity index (χ0) is 13.0. The molecule has 0 aliphatic rings. The van der Waals surface area contributed by atoms with Crippen LogP contribution in [0.3, 0.4) is 0 Å². The summed E-state index contributed by atoms with van der Waals surface area (Å²) < 4.78 is 15.2. The Morgan fingerprint density at radius 3 is 3.00 bits per heavy atom. The van der Waals surface area contributed by atoms with E-state index in [9.17, 15) is 4.39 Å². The number of nitrogens with zero attached hydrogens (tertiary/aromatic N) is 4. The minimum atomic E-state index is -0.308. The van der Waals surface area contributed by atoms with Crippen molar-refractivity contribution in [3.63, 3.8) is 0 Å². The van der Waals surface area contributed by atoms with E-state index in [1.807, 2.05) is 0 Å². The first-order valence-corrected chi connectivity index (χ1v) is 6.45. The Morgan fingerprint density at radius 1 is 1.44 bits per heavy atom. The average Bonchev–Trinajstić information content (AvgIpc) is 2.81. The molecule has 1 N–H and O–H groups in total. The lowest BCUT2D eigenvalue weighted by molar-refractivity contribution is 0.616. The molecule has 2 rings (SSSR count). The summed E-state index contributed by atoms with van der Waals surface area (Å²) in [5.74, 6) is 0.388. The molecule has 0 saturated carbocycles. The lowest BCUT2D eigenvalue weighted by atomic mass is 10.3. The smallest absolute Gasteiger partial charge is 0.170 e. The summed E-state index contributed by atoms with van der Waals surface area (Å²) in [6.45, 7) is 3.57. The van der Waals surface area contributed by atoms with Gasteiger partial charge < -0.3 is 5.32 Å². The number of rotatable bonds is 5. The Labute approximate surface area is 113 Å². The summed E-state index contributed by atoms with van der Waals surface area (Å²) in [6.07, 6.45) is 1.05. The minimum Gasteiger partial charge on any atom is -0.310 e. The Kier molecular flexibility index (Phi) is 4.38. The highest BCUT2D eigenvalue weighted by atomic mass is 79.9. The number of hydrogen-bond donors (Lipinski definition) is 1. The largest absolute Gasteiger partial charge is 0.310 e. The van der Waals surface area contributed by atoms with E-state index in [1.165, 1.54) is 6.07 Å². The van der Waals surface area contributed by atoms with Crippen molar-refractivity contribution >= 4 is 15.9 Å². The third-order valence-corrected chi connectivity index (χ3v) is 3.00. The Bertz CT molecular complexity index is 528. The summed E-state index contributed by atoms with van der Waals surface area (Å²) in [4.78, 5) is 0. The molecule has 0 unspecified atom stereocenters. The summed E-state index contributed by atoms with van der Waals surface area (Å²) in [5.41, 5.74) is 0.724. The highest BCUT2D eigenvalue weighted by molar-refractivity contribution is 9.10. The number of aromatic nitrogens is 4. The van der Waals surface area contributed by atoms with Gasteiger partial charge in [-0.3, -0.25) is 0 Å². The molecule has 0 atom stereocenters. The summed E-state index contributed by atoms with van der Waals surface area (Å²) in [6, 6.07) is 4.67. The first-order valence-electron chi connectivity index (χ1n) is 5.65. The second-order valence-electron chi connectivity index (χ2n) is 3.78. The molecule has 96 valence electrons. The van der Waals surface area contributed by atoms with Gasteiger partial charge in [0.1, 0.15) is 5.82 Å². The maximum atomic E-state index is 13.2. The highest BCUT2D eigenvalue weighted by Gasteiger charge is 2.09. The van der Waals surface area contributed by atoms with Gasteiger partial charge in [0.25, 0.3) is 0 Å². The van der Waals surface area contributed by atoms with E-state index in [0.29, 0.717) is 16.8 Å². The van der Waals surface area contributed by atoms with Crippen molar-refractivity contribution in [1.29, 1.82) is 0 Å². The van der Waals surface area contributed by atoms with E-state index >= 15 is 0 Å². The molecule has 1 aromatic heterocycles. The molecule has 0 aliphatic carbocycles. The minimum absolute atomic E-state index is 0.308. The van der Waals surface area contributed by atoms with Gasteiger partial charge in [0, 0.05) is 0 Å². The molecule has 0 bridgehead atoms. The lowest BCUT2D eigenvalue weighted by Crippen LogP contribution is -2.17. The van der Waals surface area contributed by atoms with Crippen molar-refractivity contribution in [2.75, 3.05) is 6.54 Å². The van der Waals surface area contributed by atoms with Crippen LogP contribution in [0.1, 0.15) is 19.2 Å². The molecule has 2 aromatic rings. The molecule has 7 heteroatoms. The van der Waals surface area contributed by atoms with Gasteiger partial charge in [-0.15, -0.1) is 5.10 Å². The van der Waals surface area contributed by atoms with Crippen LogP contribution < -0.4 is 5.32 Å². The number of halogens is 2. The van der Waals surface area contributed by atoms with Crippen LogP contribution in [-0.2, 0) is 6.54 Å². The van der Waals surface area contributed by atoms with Crippen molar-refractivity contribution < 1.29 is 4.39 Å². The van der Waals surface area contributed by atoms with E-state index in [-0.39, 0.29) is 5.82 Å². The fraction of sp³-hybridized carbons (Fsp3) is 0.364.